The molecule has 1 saturated carbocycles. The van der Waals surface area contributed by atoms with E-state index in [1.807, 2.05) is 0 Å². The Kier molecular flexibility index (Phi) is 3.59. The van der Waals surface area contributed by atoms with Gasteiger partial charge in [-0.2, -0.15) is 0 Å². The Morgan fingerprint density at radius 2 is 1.90 bits per heavy atom. The van der Waals surface area contributed by atoms with Crippen molar-refractivity contribution in [3.63, 3.8) is 0 Å². The minimum absolute atomic E-state index is 0.198. The summed E-state index contributed by atoms with van der Waals surface area (Å²) >= 11 is 1.25. The molecule has 1 aromatic heterocycles. The molecule has 0 aromatic carbocycles. The standard InChI is InChI=1S/C14H14N2O4S/c17-10(11-6-3-7-21-11)8-15-12(18)13(19)16(14(15)20)9-4-1-2-5-9/h3,6-7,9H,1-2,4-5,8H2. The second kappa shape index (κ2) is 5.40. The van der Waals surface area contributed by atoms with Gasteiger partial charge in [-0.25, -0.2) is 9.69 Å². The van der Waals surface area contributed by atoms with Crippen LogP contribution in [0.1, 0.15) is 35.4 Å². The van der Waals surface area contributed by atoms with E-state index in [0.29, 0.717) is 4.88 Å². The number of Topliss-reactive ketones (excluding diaryl/α,β-unsaturated/α-hetero) is 1. The molecule has 1 aliphatic carbocycles. The number of carbonyl (C=O) groups is 4. The number of thiophene rings is 1. The van der Waals surface area contributed by atoms with Crippen LogP contribution in [-0.2, 0) is 9.59 Å². The zero-order valence-corrected chi connectivity index (χ0v) is 12.1. The first-order valence-corrected chi connectivity index (χ1v) is 7.73. The van der Waals surface area contributed by atoms with Crippen molar-refractivity contribution in [3.05, 3.63) is 22.4 Å². The highest BCUT2D eigenvalue weighted by Crippen LogP contribution is 2.27. The number of hydrogen-bond donors (Lipinski definition) is 0. The lowest BCUT2D eigenvalue weighted by atomic mass is 10.2. The lowest BCUT2D eigenvalue weighted by molar-refractivity contribution is -0.143. The van der Waals surface area contributed by atoms with Crippen molar-refractivity contribution in [1.29, 1.82) is 0 Å². The molecule has 4 amide bonds. The predicted octanol–water partition coefficient (Wildman–Crippen LogP) is 1.66. The van der Waals surface area contributed by atoms with E-state index in [-0.39, 0.29) is 18.4 Å². The van der Waals surface area contributed by atoms with E-state index in [1.54, 1.807) is 17.5 Å². The summed E-state index contributed by atoms with van der Waals surface area (Å²) in [5, 5.41) is 1.75. The Morgan fingerprint density at radius 3 is 2.52 bits per heavy atom. The van der Waals surface area contributed by atoms with Crippen LogP contribution in [0, 0.1) is 0 Å². The topological polar surface area (TPSA) is 74.8 Å². The van der Waals surface area contributed by atoms with E-state index in [4.69, 9.17) is 0 Å². The predicted molar refractivity (Wildman–Crippen MR) is 74.9 cm³/mol. The van der Waals surface area contributed by atoms with Gasteiger partial charge in [0.05, 0.1) is 11.4 Å². The van der Waals surface area contributed by atoms with Crippen LogP contribution in [0.5, 0.6) is 0 Å². The van der Waals surface area contributed by atoms with Gasteiger partial charge in [-0.15, -0.1) is 11.3 Å². The maximum Gasteiger partial charge on any atom is 0.334 e. The SMILES string of the molecule is O=C(CN1C(=O)C(=O)N(C2CCCC2)C1=O)c1cccs1. The molecular weight excluding hydrogens is 292 g/mol. The summed E-state index contributed by atoms with van der Waals surface area (Å²) in [5.74, 6) is -2.02. The van der Waals surface area contributed by atoms with E-state index in [2.05, 4.69) is 0 Å². The quantitative estimate of drug-likeness (QED) is 0.482. The summed E-state index contributed by atoms with van der Waals surface area (Å²) < 4.78 is 0. The van der Waals surface area contributed by atoms with Crippen molar-refractivity contribution in [3.8, 4) is 0 Å². The zero-order valence-electron chi connectivity index (χ0n) is 11.3. The molecule has 0 N–H and O–H groups in total. The minimum atomic E-state index is -0.892. The second-order valence-corrected chi connectivity index (χ2v) is 6.14. The van der Waals surface area contributed by atoms with E-state index in [1.165, 1.54) is 11.3 Å². The van der Waals surface area contributed by atoms with E-state index in [9.17, 15) is 19.2 Å². The fraction of sp³-hybridized carbons (Fsp3) is 0.429. The average molecular weight is 306 g/mol. The van der Waals surface area contributed by atoms with Crippen molar-refractivity contribution in [2.45, 2.75) is 31.7 Å². The van der Waals surface area contributed by atoms with Crippen molar-refractivity contribution < 1.29 is 19.2 Å². The lowest BCUT2D eigenvalue weighted by Gasteiger charge is -2.20. The van der Waals surface area contributed by atoms with Crippen LogP contribution in [0.15, 0.2) is 17.5 Å². The van der Waals surface area contributed by atoms with Crippen LogP contribution >= 0.6 is 11.3 Å². The summed E-state index contributed by atoms with van der Waals surface area (Å²) in [6, 6.07) is 2.51. The fourth-order valence-corrected chi connectivity index (χ4v) is 3.46. The Hall–Kier alpha value is -2.02. The fourth-order valence-electron chi connectivity index (χ4n) is 2.80. The van der Waals surface area contributed by atoms with Gasteiger partial charge in [-0.05, 0) is 24.3 Å². The summed E-state index contributed by atoms with van der Waals surface area (Å²) in [6.45, 7) is -0.368. The summed E-state index contributed by atoms with van der Waals surface area (Å²) in [6.07, 6.45) is 3.36. The first-order chi connectivity index (χ1) is 10.1. The van der Waals surface area contributed by atoms with Crippen LogP contribution in [0.4, 0.5) is 4.79 Å². The second-order valence-electron chi connectivity index (χ2n) is 5.19. The van der Waals surface area contributed by atoms with Gasteiger partial charge >= 0.3 is 17.8 Å². The van der Waals surface area contributed by atoms with Gasteiger partial charge in [0.1, 0.15) is 0 Å². The van der Waals surface area contributed by atoms with Crippen molar-refractivity contribution in [1.82, 2.24) is 9.80 Å². The minimum Gasteiger partial charge on any atom is -0.291 e. The van der Waals surface area contributed by atoms with Crippen LogP contribution in [0.3, 0.4) is 0 Å². The Labute approximate surface area is 125 Å². The molecule has 2 heterocycles. The Bertz CT molecular complexity index is 605. The van der Waals surface area contributed by atoms with Gasteiger partial charge in [0.2, 0.25) is 0 Å². The number of amides is 4. The highest BCUT2D eigenvalue weighted by atomic mass is 32.1. The smallest absolute Gasteiger partial charge is 0.291 e. The van der Waals surface area contributed by atoms with Gasteiger partial charge < -0.3 is 0 Å². The molecule has 110 valence electrons. The summed E-state index contributed by atoms with van der Waals surface area (Å²) in [7, 11) is 0. The molecule has 3 rings (SSSR count). The Morgan fingerprint density at radius 1 is 1.19 bits per heavy atom. The molecule has 0 atom stereocenters. The molecular formula is C14H14N2O4S. The van der Waals surface area contributed by atoms with Gasteiger partial charge in [-0.3, -0.25) is 19.3 Å². The summed E-state index contributed by atoms with van der Waals surface area (Å²) in [5.41, 5.74) is 0. The number of rotatable bonds is 4. The molecule has 0 spiro atoms. The Balaban J connectivity index is 1.77. The van der Waals surface area contributed by atoms with E-state index >= 15 is 0 Å². The maximum atomic E-state index is 12.3. The molecule has 2 fully saturated rings. The number of urea groups is 1. The highest BCUT2D eigenvalue weighted by Gasteiger charge is 2.48. The third kappa shape index (κ3) is 2.37. The van der Waals surface area contributed by atoms with Gasteiger partial charge in [0.15, 0.2) is 5.78 Å². The molecule has 0 radical (unpaired) electrons. The number of carbonyl (C=O) groups excluding carboxylic acids is 4. The molecule has 6 nitrogen and oxygen atoms in total. The van der Waals surface area contributed by atoms with Crippen LogP contribution in [0.2, 0.25) is 0 Å². The molecule has 21 heavy (non-hydrogen) atoms. The van der Waals surface area contributed by atoms with Crippen molar-refractivity contribution >= 4 is 35.0 Å². The molecule has 1 aliphatic heterocycles. The molecule has 0 bridgehead atoms. The van der Waals surface area contributed by atoms with Crippen LogP contribution in [0.25, 0.3) is 0 Å². The third-order valence-corrected chi connectivity index (χ3v) is 4.78. The molecule has 7 heteroatoms. The summed E-state index contributed by atoms with van der Waals surface area (Å²) in [4.78, 5) is 50.5. The normalized spacial score (nSPS) is 19.9. The average Bonchev–Trinajstić information content (AvgIpc) is 3.18. The molecule has 2 aliphatic rings. The van der Waals surface area contributed by atoms with Gasteiger partial charge in [-0.1, -0.05) is 18.9 Å². The van der Waals surface area contributed by atoms with Crippen LogP contribution in [-0.4, -0.2) is 46.0 Å². The third-order valence-electron chi connectivity index (χ3n) is 3.87. The largest absolute Gasteiger partial charge is 0.334 e. The number of nitrogens with zero attached hydrogens (tertiary/aromatic N) is 2. The number of hydrogen-bond acceptors (Lipinski definition) is 5. The monoisotopic (exact) mass is 306 g/mol. The van der Waals surface area contributed by atoms with Crippen molar-refractivity contribution in [2.75, 3.05) is 6.54 Å². The zero-order chi connectivity index (χ0) is 15.0. The van der Waals surface area contributed by atoms with Gasteiger partial charge in [0, 0.05) is 6.04 Å². The van der Waals surface area contributed by atoms with Gasteiger partial charge in [0.25, 0.3) is 0 Å². The lowest BCUT2D eigenvalue weighted by Crippen LogP contribution is -2.40. The van der Waals surface area contributed by atoms with Crippen LogP contribution < -0.4 is 0 Å². The maximum absolute atomic E-state index is 12.3. The van der Waals surface area contributed by atoms with Crippen molar-refractivity contribution in [2.24, 2.45) is 0 Å². The molecule has 1 saturated heterocycles. The molecule has 1 aromatic rings. The van der Waals surface area contributed by atoms with E-state index in [0.717, 1.165) is 35.5 Å². The van der Waals surface area contributed by atoms with E-state index < -0.39 is 17.8 Å². The number of imide groups is 2. The first-order valence-electron chi connectivity index (χ1n) is 6.85. The number of ketones is 1. The first kappa shape index (κ1) is 13.9. The molecule has 0 unspecified atom stereocenters. The highest BCUT2D eigenvalue weighted by molar-refractivity contribution is 7.12.